The highest BCUT2D eigenvalue weighted by Crippen LogP contribution is 2.55. The molecule has 0 N–H and O–H groups in total. The van der Waals surface area contributed by atoms with Gasteiger partial charge in [0.1, 0.15) is 11.2 Å². The number of furan rings is 1. The normalized spacial score (nSPS) is 12.7. The zero-order valence-electron chi connectivity index (χ0n) is 58.9. The Morgan fingerprint density at radius 3 is 0.936 bits per heavy atom. The smallest absolute Gasteiger partial charge is 0.136 e. The van der Waals surface area contributed by atoms with Crippen LogP contribution in [0.2, 0.25) is 0 Å². The van der Waals surface area contributed by atoms with Gasteiger partial charge in [-0.15, -0.1) is 0 Å². The fourth-order valence-corrected chi connectivity index (χ4v) is 20.7. The van der Waals surface area contributed by atoms with Crippen molar-refractivity contribution in [2.75, 3.05) is 0 Å². The van der Waals surface area contributed by atoms with Crippen molar-refractivity contribution in [1.82, 2.24) is 31.6 Å². The largest absolute Gasteiger partial charge is 0.456 e. The van der Waals surface area contributed by atoms with Gasteiger partial charge in [0.15, 0.2) is 0 Å². The van der Waals surface area contributed by atoms with Crippen LogP contribution in [0.5, 0.6) is 0 Å². The van der Waals surface area contributed by atoms with Gasteiger partial charge >= 0.3 is 0 Å². The van der Waals surface area contributed by atoms with Gasteiger partial charge in [0, 0.05) is 136 Å². The van der Waals surface area contributed by atoms with Gasteiger partial charge in [-0.1, -0.05) is 212 Å². The van der Waals surface area contributed by atoms with E-state index in [2.05, 4.69) is 377 Å². The second-order valence-corrected chi connectivity index (χ2v) is 30.1. The van der Waals surface area contributed by atoms with Crippen LogP contribution in [-0.2, 0) is 0 Å². The summed E-state index contributed by atoms with van der Waals surface area (Å²) in [4.78, 5) is 0. The zero-order valence-corrected chi connectivity index (χ0v) is 58.9. The molecule has 8 heteroatoms. The molecule has 27 rings (SSSR count). The van der Waals surface area contributed by atoms with Crippen LogP contribution in [0.3, 0.4) is 0 Å². The summed E-state index contributed by atoms with van der Waals surface area (Å²) in [5.41, 5.74) is 28.5. The lowest BCUT2D eigenvalue weighted by Crippen LogP contribution is -1.95. The van der Waals surface area contributed by atoms with Crippen LogP contribution in [0.1, 0.15) is 0 Å². The summed E-state index contributed by atoms with van der Waals surface area (Å²) in [6.07, 6.45) is 0. The number of nitrogens with zero attached hydrogens (tertiary/aromatic N) is 7. The van der Waals surface area contributed by atoms with E-state index < -0.39 is 0 Å². The third-order valence-corrected chi connectivity index (χ3v) is 24.9. The fourth-order valence-electron chi connectivity index (χ4n) is 20.7. The highest BCUT2D eigenvalue weighted by molar-refractivity contribution is 6.44. The first-order chi connectivity index (χ1) is 54.7. The molecule has 0 atom stereocenters. The van der Waals surface area contributed by atoms with Gasteiger partial charge in [-0.3, -0.25) is 0 Å². The average molecular weight is 1400 g/mol. The Balaban J connectivity index is 0.747. The second-order valence-electron chi connectivity index (χ2n) is 30.1. The molecule has 10 aromatic heterocycles. The van der Waals surface area contributed by atoms with Crippen LogP contribution < -0.4 is 0 Å². The van der Waals surface area contributed by atoms with Crippen LogP contribution in [-0.4, -0.2) is 31.6 Å². The molecule has 0 bridgehead atoms. The molecule has 0 aliphatic rings. The molecular weight excluding hydrogens is 1340 g/mol. The quantitative estimate of drug-likeness (QED) is 0.164. The van der Waals surface area contributed by atoms with E-state index in [0.29, 0.717) is 0 Å². The number of hydrogen-bond acceptors (Lipinski definition) is 1. The van der Waals surface area contributed by atoms with E-state index in [9.17, 15) is 0 Å². The molecule has 506 valence electrons. The third-order valence-electron chi connectivity index (χ3n) is 24.9. The Hall–Kier alpha value is -14.9. The highest BCUT2D eigenvalue weighted by Gasteiger charge is 2.33. The highest BCUT2D eigenvalue weighted by atomic mass is 16.3. The molecular formula is C102H57N7O. The van der Waals surface area contributed by atoms with Gasteiger partial charge in [0.05, 0.1) is 88.3 Å². The number of fused-ring (bicyclic) bond motifs is 36. The first-order valence-corrected chi connectivity index (χ1v) is 38.0. The minimum Gasteiger partial charge on any atom is -0.456 e. The Morgan fingerprint density at radius 1 is 0.155 bits per heavy atom. The molecule has 10 heterocycles. The van der Waals surface area contributed by atoms with Crippen molar-refractivity contribution in [3.63, 3.8) is 0 Å². The van der Waals surface area contributed by atoms with Crippen LogP contribution in [0.25, 0.3) is 247 Å². The predicted molar refractivity (Wildman–Crippen MR) is 460 cm³/mol. The topological polar surface area (TPSA) is 46.6 Å². The predicted octanol–water partition coefficient (Wildman–Crippen LogP) is 27.0. The van der Waals surface area contributed by atoms with Crippen molar-refractivity contribution in [2.24, 2.45) is 0 Å². The molecule has 0 aliphatic heterocycles. The van der Waals surface area contributed by atoms with Gasteiger partial charge in [-0.25, -0.2) is 0 Å². The summed E-state index contributed by atoms with van der Waals surface area (Å²) in [6.45, 7) is 0. The first kappa shape index (κ1) is 57.5. The molecule has 110 heavy (non-hydrogen) atoms. The number of hydrogen-bond donors (Lipinski definition) is 0. The monoisotopic (exact) mass is 1400 g/mol. The van der Waals surface area contributed by atoms with Gasteiger partial charge < -0.3 is 36.1 Å². The molecule has 0 amide bonds. The summed E-state index contributed by atoms with van der Waals surface area (Å²) in [6, 6.07) is 129. The van der Waals surface area contributed by atoms with Crippen molar-refractivity contribution in [1.29, 1.82) is 0 Å². The summed E-state index contributed by atoms with van der Waals surface area (Å²) in [5.74, 6) is 0. The fraction of sp³-hybridized carbons (Fsp3) is 0. The molecule has 0 unspecified atom stereocenters. The molecule has 0 spiro atoms. The summed E-state index contributed by atoms with van der Waals surface area (Å²) >= 11 is 0. The summed E-state index contributed by atoms with van der Waals surface area (Å²) < 4.78 is 24.9. The standard InChI is InChI=1S/C102H57N7O/c1-6-24-60(25-7-1)103-79-40-22-18-36-73(79)89-86(103)56-75-90-80(108-82-52-48-70-66-35-17-21-39-78(66)105(62-28-10-3-11-29-62)99(70)93(82)95(89)101(75)108)51-47-71-67-44-42-58(54-84(67)106(98(71)90)63-30-12-4-13-31-63)59-43-45-68-72-49-53-83-94(100(72)107(85(68)55-59)64-32-14-5-15-33-64)96-92-74-37-19-23-41-87(74)110-88(92)57-76-91-81(109(83)102(76)96)50-46-69-65-34-16-20-38-77(65)104(97(69)91)61-26-8-2-9-27-61/h1-57H. The third kappa shape index (κ3) is 7.04. The lowest BCUT2D eigenvalue weighted by Gasteiger charge is -2.12. The van der Waals surface area contributed by atoms with E-state index >= 15 is 0 Å². The molecule has 17 aromatic carbocycles. The number of rotatable bonds is 6. The second kappa shape index (κ2) is 20.6. The van der Waals surface area contributed by atoms with Crippen molar-refractivity contribution in [3.8, 4) is 39.6 Å². The maximum atomic E-state index is 7.10. The van der Waals surface area contributed by atoms with Crippen molar-refractivity contribution < 1.29 is 4.42 Å². The van der Waals surface area contributed by atoms with Gasteiger partial charge in [0.25, 0.3) is 0 Å². The summed E-state index contributed by atoms with van der Waals surface area (Å²) in [5, 5.41) is 24.2. The van der Waals surface area contributed by atoms with Gasteiger partial charge in [0.2, 0.25) is 0 Å². The SMILES string of the molecule is c1ccc(-n2c3ccccc3c3c4c5c6c(ccc5n5c7ccc8c9ccc(-c%10ccc%11c%12ccc%13c(c%14c%15c(cc%16c%17c%18c(ccc%17n%13c%16%14)c%13ccccc%13n%18-c%13ccccc%13)oc%13ccccc%13%15)c%12n(-c%12ccccc%12)c%11c%10)cc9n(-c9ccccc9)c8c7c(cc32)c45)c2ccccc2n6-c2ccccc2)cc1. The van der Waals surface area contributed by atoms with Gasteiger partial charge in [-0.2, -0.15) is 0 Å². The van der Waals surface area contributed by atoms with E-state index in [4.69, 9.17) is 4.42 Å². The van der Waals surface area contributed by atoms with E-state index in [-0.39, 0.29) is 0 Å². The van der Waals surface area contributed by atoms with Crippen LogP contribution >= 0.6 is 0 Å². The molecule has 0 radical (unpaired) electrons. The molecule has 0 fully saturated rings. The molecule has 27 aromatic rings. The van der Waals surface area contributed by atoms with Crippen molar-refractivity contribution in [3.05, 3.63) is 346 Å². The van der Waals surface area contributed by atoms with E-state index in [1.807, 2.05) is 0 Å². The maximum absolute atomic E-state index is 7.10. The molecule has 0 aliphatic carbocycles. The Kier molecular flexibility index (Phi) is 10.8. The minimum absolute atomic E-state index is 0.878. The Bertz CT molecular complexity index is 8740. The van der Waals surface area contributed by atoms with E-state index in [1.54, 1.807) is 0 Å². The minimum atomic E-state index is 0.878. The lowest BCUT2D eigenvalue weighted by atomic mass is 9.99. The number of benzene rings is 17. The van der Waals surface area contributed by atoms with Gasteiger partial charge in [-0.05, 0) is 145 Å². The molecule has 8 nitrogen and oxygen atoms in total. The van der Waals surface area contributed by atoms with Crippen molar-refractivity contribution in [2.45, 2.75) is 0 Å². The van der Waals surface area contributed by atoms with Crippen LogP contribution in [0.4, 0.5) is 0 Å². The molecule has 0 saturated heterocycles. The van der Waals surface area contributed by atoms with Crippen molar-refractivity contribution >= 4 is 207 Å². The lowest BCUT2D eigenvalue weighted by molar-refractivity contribution is 0.669. The Labute approximate surface area is 624 Å². The molecule has 0 saturated carbocycles. The van der Waals surface area contributed by atoms with E-state index in [1.165, 1.54) is 163 Å². The van der Waals surface area contributed by atoms with Crippen LogP contribution in [0, 0.1) is 0 Å². The first-order valence-electron chi connectivity index (χ1n) is 38.0. The maximum Gasteiger partial charge on any atom is 0.136 e. The summed E-state index contributed by atoms with van der Waals surface area (Å²) in [7, 11) is 0. The number of aromatic nitrogens is 7. The van der Waals surface area contributed by atoms with Crippen LogP contribution in [0.15, 0.2) is 350 Å². The Morgan fingerprint density at radius 2 is 0.482 bits per heavy atom. The number of para-hydroxylation sites is 9. The zero-order chi connectivity index (χ0) is 71.0. The average Bonchev–Trinajstić information content (AvgIpc) is 1.50. The van der Waals surface area contributed by atoms with E-state index in [0.717, 1.165) is 83.6 Å².